The number of ether oxygens (including phenoxy) is 1. The molecule has 0 aliphatic heterocycles. The summed E-state index contributed by atoms with van der Waals surface area (Å²) in [6, 6.07) is 4.31. The number of amides is 1. The predicted octanol–water partition coefficient (Wildman–Crippen LogP) is 1.08. The number of nitro benzene ring substituents is 1. The fourth-order valence-electron chi connectivity index (χ4n) is 1.47. The van der Waals surface area contributed by atoms with E-state index >= 15 is 0 Å². The van der Waals surface area contributed by atoms with E-state index in [0.717, 1.165) is 0 Å². The molecule has 0 saturated heterocycles. The fourth-order valence-corrected chi connectivity index (χ4v) is 1.47. The molecule has 1 aromatic rings. The van der Waals surface area contributed by atoms with Crippen LogP contribution >= 0.6 is 0 Å². The van der Waals surface area contributed by atoms with Gasteiger partial charge in [-0.3, -0.25) is 14.9 Å². The van der Waals surface area contributed by atoms with Gasteiger partial charge in [0, 0.05) is 31.5 Å². The van der Waals surface area contributed by atoms with Crippen molar-refractivity contribution >= 4 is 17.3 Å². The van der Waals surface area contributed by atoms with Crippen molar-refractivity contribution in [3.8, 4) is 0 Å². The number of aryl methyl sites for hydroxylation is 1. The molecule has 19 heavy (non-hydrogen) atoms. The van der Waals surface area contributed by atoms with Gasteiger partial charge in [0.15, 0.2) is 0 Å². The number of carbonyl (C=O) groups excluding carboxylic acids is 1. The number of benzene rings is 1. The Bertz CT molecular complexity index is 462. The number of non-ortho nitro benzene ring substituents is 1. The maximum Gasteiger partial charge on any atom is 0.269 e. The van der Waals surface area contributed by atoms with Crippen LogP contribution in [0.2, 0.25) is 0 Å². The minimum absolute atomic E-state index is 0.00807. The van der Waals surface area contributed by atoms with Gasteiger partial charge in [-0.25, -0.2) is 0 Å². The molecule has 0 spiro atoms. The van der Waals surface area contributed by atoms with E-state index < -0.39 is 4.92 Å². The average Bonchev–Trinajstić information content (AvgIpc) is 2.37. The maximum absolute atomic E-state index is 11.6. The Labute approximate surface area is 111 Å². The van der Waals surface area contributed by atoms with Crippen LogP contribution in [0.25, 0.3) is 0 Å². The molecule has 0 radical (unpaired) electrons. The van der Waals surface area contributed by atoms with E-state index in [2.05, 4.69) is 10.6 Å². The lowest BCUT2D eigenvalue weighted by molar-refractivity contribution is -0.384. The van der Waals surface area contributed by atoms with Gasteiger partial charge in [-0.15, -0.1) is 0 Å². The molecule has 0 aliphatic carbocycles. The lowest BCUT2D eigenvalue weighted by atomic mass is 10.2. The molecular weight excluding hydrogens is 250 g/mol. The second-order valence-electron chi connectivity index (χ2n) is 3.97. The quantitative estimate of drug-likeness (QED) is 0.438. The molecule has 7 nitrogen and oxygen atoms in total. The molecular formula is C12H17N3O4. The van der Waals surface area contributed by atoms with Gasteiger partial charge in [0.2, 0.25) is 5.91 Å². The molecule has 104 valence electrons. The minimum atomic E-state index is -0.467. The van der Waals surface area contributed by atoms with Gasteiger partial charge in [0.05, 0.1) is 18.1 Å². The molecule has 0 aliphatic rings. The number of rotatable bonds is 7. The number of hydrogen-bond acceptors (Lipinski definition) is 5. The number of nitrogens with zero attached hydrogens (tertiary/aromatic N) is 1. The zero-order valence-corrected chi connectivity index (χ0v) is 10.9. The number of hydrogen-bond donors (Lipinski definition) is 2. The fraction of sp³-hybridized carbons (Fsp3) is 0.417. The van der Waals surface area contributed by atoms with E-state index in [0.29, 0.717) is 24.4 Å². The monoisotopic (exact) mass is 267 g/mol. The Morgan fingerprint density at radius 2 is 2.21 bits per heavy atom. The summed E-state index contributed by atoms with van der Waals surface area (Å²) in [6.45, 7) is 2.99. The highest BCUT2D eigenvalue weighted by atomic mass is 16.6. The third kappa shape index (κ3) is 5.02. The molecule has 1 aromatic carbocycles. The molecule has 7 heteroatoms. The summed E-state index contributed by atoms with van der Waals surface area (Å²) in [5.74, 6) is -0.201. The van der Waals surface area contributed by atoms with Crippen molar-refractivity contribution in [2.24, 2.45) is 0 Å². The Balaban J connectivity index is 2.52. The first-order chi connectivity index (χ1) is 9.04. The van der Waals surface area contributed by atoms with Crippen molar-refractivity contribution in [2.45, 2.75) is 6.92 Å². The highest BCUT2D eigenvalue weighted by Crippen LogP contribution is 2.20. The lowest BCUT2D eigenvalue weighted by Crippen LogP contribution is -2.30. The molecule has 1 rings (SSSR count). The summed E-state index contributed by atoms with van der Waals surface area (Å²) in [4.78, 5) is 21.7. The van der Waals surface area contributed by atoms with E-state index in [1.165, 1.54) is 18.2 Å². The molecule has 2 N–H and O–H groups in total. The Hall–Kier alpha value is -1.99. The van der Waals surface area contributed by atoms with Crippen LogP contribution < -0.4 is 10.6 Å². The smallest absolute Gasteiger partial charge is 0.269 e. The van der Waals surface area contributed by atoms with Crippen molar-refractivity contribution in [1.29, 1.82) is 0 Å². The number of carbonyl (C=O) groups is 1. The third-order valence-electron chi connectivity index (χ3n) is 2.46. The topological polar surface area (TPSA) is 93.5 Å². The number of methoxy groups -OCH3 is 1. The van der Waals surface area contributed by atoms with E-state index in [1.807, 2.05) is 0 Å². The summed E-state index contributed by atoms with van der Waals surface area (Å²) in [5, 5.41) is 16.2. The average molecular weight is 267 g/mol. The summed E-state index contributed by atoms with van der Waals surface area (Å²) < 4.78 is 4.84. The summed E-state index contributed by atoms with van der Waals surface area (Å²) in [6.07, 6.45) is 0. The van der Waals surface area contributed by atoms with Crippen LogP contribution in [0.5, 0.6) is 0 Å². The highest BCUT2D eigenvalue weighted by Gasteiger charge is 2.09. The van der Waals surface area contributed by atoms with Crippen LogP contribution in [0.1, 0.15) is 5.56 Å². The molecule has 0 heterocycles. The Kier molecular flexibility index (Phi) is 5.91. The molecule has 0 atom stereocenters. The van der Waals surface area contributed by atoms with Crippen LogP contribution in [0, 0.1) is 17.0 Å². The standard InChI is InChI=1S/C12H17N3O4/c1-9-7-10(15(17)18)3-4-11(9)14-12(16)8-13-5-6-19-2/h3-4,7,13H,5-6,8H2,1-2H3,(H,14,16). The highest BCUT2D eigenvalue weighted by molar-refractivity contribution is 5.93. The SMILES string of the molecule is COCCNCC(=O)Nc1ccc([N+](=O)[O-])cc1C. The van der Waals surface area contributed by atoms with Crippen LogP contribution in [0.4, 0.5) is 11.4 Å². The second-order valence-corrected chi connectivity index (χ2v) is 3.97. The van der Waals surface area contributed by atoms with E-state index in [1.54, 1.807) is 14.0 Å². The molecule has 0 fully saturated rings. The number of nitrogens with one attached hydrogen (secondary N) is 2. The molecule has 0 saturated carbocycles. The number of anilines is 1. The van der Waals surface area contributed by atoms with Gasteiger partial charge < -0.3 is 15.4 Å². The van der Waals surface area contributed by atoms with Crippen molar-refractivity contribution in [1.82, 2.24) is 5.32 Å². The van der Waals surface area contributed by atoms with Gasteiger partial charge in [-0.05, 0) is 18.6 Å². The van der Waals surface area contributed by atoms with Crippen molar-refractivity contribution in [3.63, 3.8) is 0 Å². The van der Waals surface area contributed by atoms with E-state index in [9.17, 15) is 14.9 Å². The van der Waals surface area contributed by atoms with Gasteiger partial charge in [0.1, 0.15) is 0 Å². The summed E-state index contributed by atoms with van der Waals surface area (Å²) in [7, 11) is 1.59. The zero-order valence-electron chi connectivity index (χ0n) is 10.9. The van der Waals surface area contributed by atoms with Crippen LogP contribution in [0.15, 0.2) is 18.2 Å². The second kappa shape index (κ2) is 7.45. The first-order valence-corrected chi connectivity index (χ1v) is 5.79. The van der Waals surface area contributed by atoms with Crippen LogP contribution in [-0.2, 0) is 9.53 Å². The Morgan fingerprint density at radius 3 is 2.79 bits per heavy atom. The summed E-state index contributed by atoms with van der Waals surface area (Å²) in [5.41, 5.74) is 1.23. The Morgan fingerprint density at radius 1 is 1.47 bits per heavy atom. The third-order valence-corrected chi connectivity index (χ3v) is 2.46. The molecule has 0 bridgehead atoms. The molecule has 0 aromatic heterocycles. The molecule has 0 unspecified atom stereocenters. The van der Waals surface area contributed by atoms with Gasteiger partial charge >= 0.3 is 0 Å². The van der Waals surface area contributed by atoms with Crippen LogP contribution in [0.3, 0.4) is 0 Å². The van der Waals surface area contributed by atoms with E-state index in [4.69, 9.17) is 4.74 Å². The van der Waals surface area contributed by atoms with Gasteiger partial charge in [0.25, 0.3) is 5.69 Å². The van der Waals surface area contributed by atoms with Gasteiger partial charge in [-0.2, -0.15) is 0 Å². The summed E-state index contributed by atoms with van der Waals surface area (Å²) >= 11 is 0. The predicted molar refractivity (Wildman–Crippen MR) is 71.2 cm³/mol. The lowest BCUT2D eigenvalue weighted by Gasteiger charge is -2.08. The van der Waals surface area contributed by atoms with E-state index in [-0.39, 0.29) is 18.1 Å². The number of nitro groups is 1. The van der Waals surface area contributed by atoms with Gasteiger partial charge in [-0.1, -0.05) is 0 Å². The van der Waals surface area contributed by atoms with Crippen molar-refractivity contribution in [3.05, 3.63) is 33.9 Å². The van der Waals surface area contributed by atoms with Crippen molar-refractivity contribution < 1.29 is 14.5 Å². The van der Waals surface area contributed by atoms with Crippen LogP contribution in [-0.4, -0.2) is 37.6 Å². The minimum Gasteiger partial charge on any atom is -0.383 e. The molecule has 1 amide bonds. The largest absolute Gasteiger partial charge is 0.383 e. The first kappa shape index (κ1) is 15.1. The van der Waals surface area contributed by atoms with Crippen molar-refractivity contribution in [2.75, 3.05) is 32.1 Å². The first-order valence-electron chi connectivity index (χ1n) is 5.79. The normalized spacial score (nSPS) is 10.2. The maximum atomic E-state index is 11.6. The zero-order chi connectivity index (χ0) is 14.3.